The Bertz CT molecular complexity index is 1300. The van der Waals surface area contributed by atoms with E-state index in [9.17, 15) is 0 Å². The molecule has 2 atom stereocenters. The Hall–Kier alpha value is -3.64. The minimum atomic E-state index is -0.0933. The van der Waals surface area contributed by atoms with Gasteiger partial charge in [-0.05, 0) is 67.5 Å². The first kappa shape index (κ1) is 22.2. The standard InChI is InChI=1S/C28H28N4OS/c1-19-17-22(20(2)31(19)18-21-11-5-4-6-12-21)27-26(23-13-9-10-16-29-23)30-28(34)32(27)24-14-7-8-15-25(24)33-3/h4-17,26-27H,18H2,1-3H3,(H,30,34)/t26-,27+/m0/s1. The first-order valence-corrected chi connectivity index (χ1v) is 11.8. The van der Waals surface area contributed by atoms with Crippen LogP contribution in [0.25, 0.3) is 0 Å². The first-order valence-electron chi connectivity index (χ1n) is 11.4. The van der Waals surface area contributed by atoms with Crippen LogP contribution in [0.4, 0.5) is 5.69 Å². The zero-order valence-corrected chi connectivity index (χ0v) is 20.4. The number of nitrogens with zero attached hydrogens (tertiary/aromatic N) is 3. The number of nitrogens with one attached hydrogen (secondary N) is 1. The number of methoxy groups -OCH3 is 1. The van der Waals surface area contributed by atoms with E-state index in [1.807, 2.05) is 36.5 Å². The summed E-state index contributed by atoms with van der Waals surface area (Å²) in [5.74, 6) is 0.788. The summed E-state index contributed by atoms with van der Waals surface area (Å²) < 4.78 is 8.10. The van der Waals surface area contributed by atoms with Gasteiger partial charge in [-0.1, -0.05) is 48.5 Å². The van der Waals surface area contributed by atoms with Crippen LogP contribution in [0.15, 0.2) is 85.1 Å². The fourth-order valence-corrected chi connectivity index (χ4v) is 5.23. The summed E-state index contributed by atoms with van der Waals surface area (Å²) in [6.07, 6.45) is 1.83. The van der Waals surface area contributed by atoms with Crippen molar-refractivity contribution >= 4 is 23.0 Å². The summed E-state index contributed by atoms with van der Waals surface area (Å²) >= 11 is 5.90. The molecule has 34 heavy (non-hydrogen) atoms. The second kappa shape index (κ2) is 9.31. The van der Waals surface area contributed by atoms with Crippen molar-refractivity contribution in [2.45, 2.75) is 32.5 Å². The number of benzene rings is 2. The molecule has 5 rings (SSSR count). The van der Waals surface area contributed by atoms with E-state index in [0.717, 1.165) is 23.7 Å². The molecule has 0 spiro atoms. The van der Waals surface area contributed by atoms with Gasteiger partial charge < -0.3 is 19.5 Å². The fourth-order valence-electron chi connectivity index (χ4n) is 4.90. The quantitative estimate of drug-likeness (QED) is 0.366. The van der Waals surface area contributed by atoms with Crippen molar-refractivity contribution in [1.82, 2.24) is 14.9 Å². The zero-order chi connectivity index (χ0) is 23.7. The number of aryl methyl sites for hydroxylation is 1. The number of thiocarbonyl (C=S) groups is 1. The maximum absolute atomic E-state index is 5.90. The number of para-hydroxylation sites is 2. The van der Waals surface area contributed by atoms with Crippen molar-refractivity contribution in [2.24, 2.45) is 0 Å². The molecule has 0 amide bonds. The number of pyridine rings is 1. The molecule has 0 bridgehead atoms. The number of hydrogen-bond acceptors (Lipinski definition) is 3. The van der Waals surface area contributed by atoms with Gasteiger partial charge in [0.25, 0.3) is 0 Å². The molecule has 4 aromatic rings. The molecule has 0 radical (unpaired) electrons. The predicted molar refractivity (Wildman–Crippen MR) is 140 cm³/mol. The fraction of sp³-hybridized carbons (Fsp3) is 0.214. The highest BCUT2D eigenvalue weighted by atomic mass is 32.1. The van der Waals surface area contributed by atoms with Crippen LogP contribution in [0.2, 0.25) is 0 Å². The molecular formula is C28H28N4OS. The molecule has 5 nitrogen and oxygen atoms in total. The second-order valence-electron chi connectivity index (χ2n) is 8.57. The number of aromatic nitrogens is 2. The Morgan fingerprint density at radius 2 is 1.71 bits per heavy atom. The van der Waals surface area contributed by atoms with Crippen molar-refractivity contribution < 1.29 is 4.74 Å². The molecule has 172 valence electrons. The third kappa shape index (κ3) is 3.94. The average molecular weight is 469 g/mol. The van der Waals surface area contributed by atoms with Crippen LogP contribution in [0.5, 0.6) is 5.75 Å². The number of rotatable bonds is 6. The van der Waals surface area contributed by atoms with E-state index in [0.29, 0.717) is 5.11 Å². The molecule has 3 heterocycles. The Morgan fingerprint density at radius 3 is 2.44 bits per heavy atom. The summed E-state index contributed by atoms with van der Waals surface area (Å²) in [6.45, 7) is 5.19. The largest absolute Gasteiger partial charge is 0.495 e. The van der Waals surface area contributed by atoms with Crippen LogP contribution in [-0.2, 0) is 6.54 Å². The monoisotopic (exact) mass is 468 g/mol. The van der Waals surface area contributed by atoms with Gasteiger partial charge in [0.2, 0.25) is 0 Å². The highest BCUT2D eigenvalue weighted by Crippen LogP contribution is 2.45. The smallest absolute Gasteiger partial charge is 0.174 e. The Balaban J connectivity index is 1.64. The third-order valence-corrected chi connectivity index (χ3v) is 6.87. The highest BCUT2D eigenvalue weighted by Gasteiger charge is 2.43. The van der Waals surface area contributed by atoms with Gasteiger partial charge in [-0.25, -0.2) is 0 Å². The van der Waals surface area contributed by atoms with E-state index in [2.05, 4.69) is 82.1 Å². The summed E-state index contributed by atoms with van der Waals surface area (Å²) in [5.41, 5.74) is 6.84. The molecule has 1 aliphatic heterocycles. The molecule has 2 aromatic heterocycles. The van der Waals surface area contributed by atoms with Crippen LogP contribution in [-0.4, -0.2) is 21.8 Å². The Morgan fingerprint density at radius 1 is 0.971 bits per heavy atom. The van der Waals surface area contributed by atoms with E-state index in [-0.39, 0.29) is 12.1 Å². The first-order chi connectivity index (χ1) is 16.6. The van der Waals surface area contributed by atoms with Gasteiger partial charge in [0, 0.05) is 24.1 Å². The van der Waals surface area contributed by atoms with Crippen molar-refractivity contribution in [3.05, 3.63) is 113 Å². The molecule has 0 aliphatic carbocycles. The van der Waals surface area contributed by atoms with Crippen molar-refractivity contribution in [3.8, 4) is 5.75 Å². The predicted octanol–water partition coefficient (Wildman–Crippen LogP) is 5.73. The number of ether oxygens (including phenoxy) is 1. The van der Waals surface area contributed by atoms with Crippen molar-refractivity contribution in [2.75, 3.05) is 12.0 Å². The molecule has 1 aliphatic rings. The lowest BCUT2D eigenvalue weighted by Gasteiger charge is -2.29. The normalized spacial score (nSPS) is 17.6. The molecular weight excluding hydrogens is 440 g/mol. The highest BCUT2D eigenvalue weighted by molar-refractivity contribution is 7.80. The second-order valence-corrected chi connectivity index (χ2v) is 8.95. The average Bonchev–Trinajstić information content (AvgIpc) is 3.36. The third-order valence-electron chi connectivity index (χ3n) is 6.56. The van der Waals surface area contributed by atoms with Gasteiger partial charge in [0.15, 0.2) is 5.11 Å². The van der Waals surface area contributed by atoms with Crippen LogP contribution in [0, 0.1) is 13.8 Å². The summed E-state index contributed by atoms with van der Waals surface area (Å²) in [7, 11) is 1.70. The Labute approximate surface area is 206 Å². The molecule has 1 saturated heterocycles. The van der Waals surface area contributed by atoms with Crippen molar-refractivity contribution in [3.63, 3.8) is 0 Å². The minimum Gasteiger partial charge on any atom is -0.495 e. The summed E-state index contributed by atoms with van der Waals surface area (Å²) in [4.78, 5) is 6.86. The van der Waals surface area contributed by atoms with Gasteiger partial charge in [0.05, 0.1) is 30.6 Å². The topological polar surface area (TPSA) is 42.3 Å². The molecule has 0 saturated carbocycles. The molecule has 1 fully saturated rings. The zero-order valence-electron chi connectivity index (χ0n) is 19.6. The van der Waals surface area contributed by atoms with E-state index in [1.54, 1.807) is 7.11 Å². The van der Waals surface area contributed by atoms with E-state index >= 15 is 0 Å². The molecule has 6 heteroatoms. The lowest BCUT2D eigenvalue weighted by atomic mass is 9.96. The van der Waals surface area contributed by atoms with E-state index < -0.39 is 0 Å². The van der Waals surface area contributed by atoms with Gasteiger partial charge in [0.1, 0.15) is 5.75 Å². The van der Waals surface area contributed by atoms with E-state index in [1.165, 1.54) is 22.5 Å². The number of anilines is 1. The summed E-state index contributed by atoms with van der Waals surface area (Å²) in [6, 6.07) is 26.7. The lowest BCUT2D eigenvalue weighted by Crippen LogP contribution is -2.30. The van der Waals surface area contributed by atoms with Gasteiger partial charge in [-0.15, -0.1) is 0 Å². The van der Waals surface area contributed by atoms with Crippen LogP contribution in [0.3, 0.4) is 0 Å². The number of hydrogen-bond donors (Lipinski definition) is 1. The summed E-state index contributed by atoms with van der Waals surface area (Å²) in [5, 5.41) is 4.22. The van der Waals surface area contributed by atoms with Gasteiger partial charge in [-0.3, -0.25) is 4.98 Å². The van der Waals surface area contributed by atoms with Crippen LogP contribution in [0.1, 0.15) is 40.3 Å². The lowest BCUT2D eigenvalue weighted by molar-refractivity contribution is 0.414. The maximum Gasteiger partial charge on any atom is 0.174 e. The minimum absolute atomic E-state index is 0.0746. The van der Waals surface area contributed by atoms with Crippen molar-refractivity contribution in [1.29, 1.82) is 0 Å². The van der Waals surface area contributed by atoms with Crippen LogP contribution < -0.4 is 15.0 Å². The molecule has 0 unspecified atom stereocenters. The van der Waals surface area contributed by atoms with Gasteiger partial charge in [-0.2, -0.15) is 0 Å². The van der Waals surface area contributed by atoms with Gasteiger partial charge >= 0.3 is 0 Å². The molecule has 2 aromatic carbocycles. The van der Waals surface area contributed by atoms with E-state index in [4.69, 9.17) is 17.0 Å². The SMILES string of the molecule is COc1ccccc1N1C(=S)N[C@@H](c2ccccn2)[C@H]1c1cc(C)n(Cc2ccccc2)c1C. The van der Waals surface area contributed by atoms with Crippen LogP contribution >= 0.6 is 12.2 Å². The Kier molecular flexibility index (Phi) is 6.07. The molecule has 1 N–H and O–H groups in total. The maximum atomic E-state index is 5.90.